The largest absolute Gasteiger partial charge is 0.488 e. The number of ether oxygens (including phenoxy) is 1. The number of aliphatic carboxylic acids is 1. The molecule has 2 aromatic carbocycles. The number of hydrogen-bond donors (Lipinski definition) is 3. The molecule has 0 bridgehead atoms. The predicted octanol–water partition coefficient (Wildman–Crippen LogP) is 2.91. The van der Waals surface area contributed by atoms with Gasteiger partial charge in [-0.2, -0.15) is 4.31 Å². The summed E-state index contributed by atoms with van der Waals surface area (Å²) < 4.78 is 34.2. The summed E-state index contributed by atoms with van der Waals surface area (Å²) in [5, 5.41) is 10.9. The average Bonchev–Trinajstić information content (AvgIpc) is 2.88. The Morgan fingerprint density at radius 3 is 2.69 bits per heavy atom. The minimum absolute atomic E-state index is 0.0606. The van der Waals surface area contributed by atoms with E-state index in [2.05, 4.69) is 0 Å². The molecule has 9 nitrogen and oxygen atoms in total. The lowest BCUT2D eigenvalue weighted by Gasteiger charge is -2.24. The second-order valence-corrected chi connectivity index (χ2v) is 10.9. The van der Waals surface area contributed by atoms with Crippen LogP contribution in [0.1, 0.15) is 48.8 Å². The van der Waals surface area contributed by atoms with Crippen molar-refractivity contribution in [3.63, 3.8) is 0 Å². The number of allylic oxidation sites excluding steroid dienone is 1. The molecule has 0 fully saturated rings. The summed E-state index contributed by atoms with van der Waals surface area (Å²) >= 11 is 0. The van der Waals surface area contributed by atoms with Crippen LogP contribution in [0, 0.1) is 6.92 Å². The van der Waals surface area contributed by atoms with Gasteiger partial charge in [-0.15, -0.1) is 0 Å². The van der Waals surface area contributed by atoms with E-state index >= 15 is 0 Å². The van der Waals surface area contributed by atoms with Crippen LogP contribution in [-0.2, 0) is 21.4 Å². The molecule has 0 radical (unpaired) electrons. The Balaban J connectivity index is 1.92. The van der Waals surface area contributed by atoms with Crippen LogP contribution in [-0.4, -0.2) is 48.5 Å². The molecule has 0 spiro atoms. The SMILES string of the molecule is Cc1ccc(C(CC/C(=C/N)N(C)N)CC(=O)O)cc1CN1C[C@@H](C)Oc2ccccc2S1(=O)=O. The number of hydrogen-bond acceptors (Lipinski definition) is 7. The zero-order chi connectivity index (χ0) is 25.8. The van der Waals surface area contributed by atoms with E-state index in [9.17, 15) is 18.3 Å². The molecule has 3 rings (SSSR count). The molecule has 2 aromatic rings. The third-order valence-corrected chi connectivity index (χ3v) is 8.11. The van der Waals surface area contributed by atoms with Crippen LogP contribution in [0.3, 0.4) is 0 Å². The first-order chi connectivity index (χ1) is 16.5. The standard InChI is InChI=1S/C25H34N4O5S/c1-17-8-9-19(20(13-25(30)31)10-11-22(14-26)28(3)27)12-21(17)16-29-15-18(2)34-23-6-4-5-7-24(23)35(29,32)33/h4-9,12,14,18,20H,10-11,13,15-16,26-27H2,1-3H3,(H,30,31)/b22-14-/t18-,20?/m1/s1. The van der Waals surface area contributed by atoms with Crippen LogP contribution in [0.15, 0.2) is 59.3 Å². The fourth-order valence-electron chi connectivity index (χ4n) is 4.29. The van der Waals surface area contributed by atoms with Crippen molar-refractivity contribution in [1.29, 1.82) is 0 Å². The zero-order valence-electron chi connectivity index (χ0n) is 20.3. The summed E-state index contributed by atoms with van der Waals surface area (Å²) in [6.07, 6.45) is 2.07. The lowest BCUT2D eigenvalue weighted by Crippen LogP contribution is -2.35. The summed E-state index contributed by atoms with van der Waals surface area (Å²) in [5.41, 5.74) is 8.94. The Morgan fingerprint density at radius 1 is 1.31 bits per heavy atom. The highest BCUT2D eigenvalue weighted by atomic mass is 32.2. The van der Waals surface area contributed by atoms with Gasteiger partial charge in [0, 0.05) is 25.5 Å². The molecule has 0 saturated carbocycles. The number of carboxylic acid groups (broad SMARTS) is 1. The molecular weight excluding hydrogens is 468 g/mol. The van der Waals surface area contributed by atoms with E-state index in [0.29, 0.717) is 24.3 Å². The number of carboxylic acids is 1. The number of sulfonamides is 1. The van der Waals surface area contributed by atoms with E-state index in [1.54, 1.807) is 31.3 Å². The predicted molar refractivity (Wildman–Crippen MR) is 134 cm³/mol. The fraction of sp³-hybridized carbons (Fsp3) is 0.400. The van der Waals surface area contributed by atoms with Gasteiger partial charge in [0.15, 0.2) is 0 Å². The quantitative estimate of drug-likeness (QED) is 0.351. The Bertz CT molecular complexity index is 1200. The van der Waals surface area contributed by atoms with Crippen molar-refractivity contribution in [1.82, 2.24) is 9.31 Å². The number of rotatable bonds is 9. The molecule has 1 heterocycles. The van der Waals surface area contributed by atoms with E-state index in [-0.39, 0.29) is 36.4 Å². The maximum atomic E-state index is 13.5. The summed E-state index contributed by atoms with van der Waals surface area (Å²) in [7, 11) is -2.10. The number of aryl methyl sites for hydroxylation is 1. The van der Waals surface area contributed by atoms with Crippen molar-refractivity contribution < 1.29 is 23.1 Å². The number of benzene rings is 2. The molecule has 10 heteroatoms. The minimum Gasteiger partial charge on any atom is -0.488 e. The van der Waals surface area contributed by atoms with Gasteiger partial charge < -0.3 is 20.6 Å². The number of nitrogens with zero attached hydrogens (tertiary/aromatic N) is 2. The molecule has 0 aromatic heterocycles. The second kappa shape index (κ2) is 11.1. The molecule has 0 amide bonds. The maximum Gasteiger partial charge on any atom is 0.303 e. The molecule has 1 aliphatic rings. The highest BCUT2D eigenvalue weighted by Gasteiger charge is 2.33. The van der Waals surface area contributed by atoms with E-state index in [1.807, 2.05) is 32.0 Å². The van der Waals surface area contributed by atoms with Crippen LogP contribution in [0.2, 0.25) is 0 Å². The first-order valence-electron chi connectivity index (χ1n) is 11.5. The average molecular weight is 503 g/mol. The Labute approximate surface area is 207 Å². The van der Waals surface area contributed by atoms with Gasteiger partial charge in [0.25, 0.3) is 0 Å². The van der Waals surface area contributed by atoms with Crippen LogP contribution in [0.25, 0.3) is 0 Å². The lowest BCUT2D eigenvalue weighted by atomic mass is 9.88. The van der Waals surface area contributed by atoms with Crippen molar-refractivity contribution in [3.05, 3.63) is 71.1 Å². The van der Waals surface area contributed by atoms with Gasteiger partial charge >= 0.3 is 5.97 Å². The Morgan fingerprint density at radius 2 is 2.03 bits per heavy atom. The third kappa shape index (κ3) is 6.33. The molecule has 0 saturated heterocycles. The summed E-state index contributed by atoms with van der Waals surface area (Å²) in [5.74, 6) is 4.96. The monoisotopic (exact) mass is 502 g/mol. The zero-order valence-corrected chi connectivity index (χ0v) is 21.2. The molecule has 5 N–H and O–H groups in total. The normalized spacial score (nSPS) is 18.7. The third-order valence-electron chi connectivity index (χ3n) is 6.26. The van der Waals surface area contributed by atoms with E-state index in [0.717, 1.165) is 16.7 Å². The summed E-state index contributed by atoms with van der Waals surface area (Å²) in [4.78, 5) is 11.7. The smallest absolute Gasteiger partial charge is 0.303 e. The van der Waals surface area contributed by atoms with Gasteiger partial charge in [0.1, 0.15) is 16.7 Å². The van der Waals surface area contributed by atoms with Crippen molar-refractivity contribution in [2.75, 3.05) is 13.6 Å². The minimum atomic E-state index is -3.78. The Hall–Kier alpha value is -3.08. The van der Waals surface area contributed by atoms with Gasteiger partial charge in [-0.05, 0) is 61.4 Å². The highest BCUT2D eigenvalue weighted by molar-refractivity contribution is 7.89. The van der Waals surface area contributed by atoms with Crippen molar-refractivity contribution >= 4 is 16.0 Å². The van der Waals surface area contributed by atoms with Crippen LogP contribution >= 0.6 is 0 Å². The van der Waals surface area contributed by atoms with Crippen molar-refractivity contribution in [3.8, 4) is 5.75 Å². The topological polar surface area (TPSA) is 139 Å². The molecular formula is C25H34N4O5S. The molecule has 1 unspecified atom stereocenters. The number of para-hydroxylation sites is 1. The summed E-state index contributed by atoms with van der Waals surface area (Å²) in [6, 6.07) is 12.4. The van der Waals surface area contributed by atoms with E-state index in [4.69, 9.17) is 16.3 Å². The van der Waals surface area contributed by atoms with Gasteiger partial charge in [-0.1, -0.05) is 30.3 Å². The molecule has 190 valence electrons. The molecule has 2 atom stereocenters. The number of fused-ring (bicyclic) bond motifs is 1. The first kappa shape index (κ1) is 26.5. The molecule has 0 aliphatic carbocycles. The van der Waals surface area contributed by atoms with Crippen molar-refractivity contribution in [2.24, 2.45) is 11.6 Å². The number of nitrogens with two attached hydrogens (primary N) is 2. The second-order valence-electron chi connectivity index (χ2n) is 8.96. The number of hydrazine groups is 1. The first-order valence-corrected chi connectivity index (χ1v) is 12.9. The highest BCUT2D eigenvalue weighted by Crippen LogP contribution is 2.33. The van der Waals surface area contributed by atoms with E-state index in [1.165, 1.54) is 15.5 Å². The van der Waals surface area contributed by atoms with Crippen LogP contribution in [0.4, 0.5) is 0 Å². The summed E-state index contributed by atoms with van der Waals surface area (Å²) in [6.45, 7) is 4.12. The van der Waals surface area contributed by atoms with Gasteiger partial charge in [-0.25, -0.2) is 14.3 Å². The van der Waals surface area contributed by atoms with E-state index < -0.39 is 16.0 Å². The lowest BCUT2D eigenvalue weighted by molar-refractivity contribution is -0.137. The molecule has 1 aliphatic heterocycles. The number of carbonyl (C=O) groups is 1. The molecule has 35 heavy (non-hydrogen) atoms. The van der Waals surface area contributed by atoms with Gasteiger partial charge in [0.05, 0.1) is 13.0 Å². The van der Waals surface area contributed by atoms with Crippen molar-refractivity contribution in [2.45, 2.75) is 56.6 Å². The van der Waals surface area contributed by atoms with Crippen LogP contribution in [0.5, 0.6) is 5.75 Å². The Kier molecular flexibility index (Phi) is 8.42. The van der Waals surface area contributed by atoms with Crippen LogP contribution < -0.4 is 16.3 Å². The van der Waals surface area contributed by atoms with Gasteiger partial charge in [-0.3, -0.25) is 4.79 Å². The maximum absolute atomic E-state index is 13.5. The fourth-order valence-corrected chi connectivity index (χ4v) is 5.90. The van der Waals surface area contributed by atoms with Gasteiger partial charge in [0.2, 0.25) is 10.0 Å².